The van der Waals surface area contributed by atoms with E-state index in [-0.39, 0.29) is 18.6 Å². The normalized spacial score (nSPS) is 15.7. The standard InChI is InChI=1S/C15H30N2O3/c1-5-13(16-9-15(19)20)8-14(17-10-18)7-12(4)6-11(2)3/h10-14,16H,5-9H2,1-4H3,(H,17,18)(H,19,20). The number of hydrogen-bond acceptors (Lipinski definition) is 3. The number of rotatable bonds is 12. The third kappa shape index (κ3) is 9.78. The van der Waals surface area contributed by atoms with Crippen molar-refractivity contribution in [3.05, 3.63) is 0 Å². The largest absolute Gasteiger partial charge is 0.480 e. The van der Waals surface area contributed by atoms with Gasteiger partial charge in [0.2, 0.25) is 6.41 Å². The Hall–Kier alpha value is -1.10. The molecule has 0 rings (SSSR count). The Kier molecular flexibility index (Phi) is 10.1. The predicted molar refractivity (Wildman–Crippen MR) is 80.6 cm³/mol. The predicted octanol–water partition coefficient (Wildman–Crippen LogP) is 2.02. The van der Waals surface area contributed by atoms with Gasteiger partial charge in [-0.15, -0.1) is 0 Å². The highest BCUT2D eigenvalue weighted by atomic mass is 16.4. The summed E-state index contributed by atoms with van der Waals surface area (Å²) < 4.78 is 0. The van der Waals surface area contributed by atoms with Gasteiger partial charge >= 0.3 is 5.97 Å². The van der Waals surface area contributed by atoms with Crippen molar-refractivity contribution < 1.29 is 14.7 Å². The van der Waals surface area contributed by atoms with Crippen LogP contribution >= 0.6 is 0 Å². The maximum atomic E-state index is 10.7. The molecule has 0 aromatic rings. The summed E-state index contributed by atoms with van der Waals surface area (Å²) in [5, 5.41) is 14.6. The van der Waals surface area contributed by atoms with E-state index in [0.717, 1.165) is 32.1 Å². The van der Waals surface area contributed by atoms with E-state index >= 15 is 0 Å². The first-order valence-corrected chi connectivity index (χ1v) is 7.53. The van der Waals surface area contributed by atoms with Gasteiger partial charge in [0, 0.05) is 12.1 Å². The Bertz CT molecular complexity index is 282. The molecule has 5 heteroatoms. The molecule has 0 aromatic heterocycles. The second-order valence-corrected chi connectivity index (χ2v) is 6.07. The fourth-order valence-electron chi connectivity index (χ4n) is 2.68. The summed E-state index contributed by atoms with van der Waals surface area (Å²) >= 11 is 0. The molecule has 118 valence electrons. The second kappa shape index (κ2) is 10.7. The first-order valence-electron chi connectivity index (χ1n) is 7.53. The second-order valence-electron chi connectivity index (χ2n) is 6.07. The van der Waals surface area contributed by atoms with E-state index in [1.807, 2.05) is 6.92 Å². The van der Waals surface area contributed by atoms with Gasteiger partial charge in [-0.25, -0.2) is 0 Å². The van der Waals surface area contributed by atoms with Crippen LogP contribution in [0.25, 0.3) is 0 Å². The van der Waals surface area contributed by atoms with Crippen molar-refractivity contribution in [2.75, 3.05) is 6.54 Å². The van der Waals surface area contributed by atoms with Crippen LogP contribution < -0.4 is 10.6 Å². The molecule has 3 N–H and O–H groups in total. The van der Waals surface area contributed by atoms with E-state index in [2.05, 4.69) is 31.4 Å². The SMILES string of the molecule is CCC(CC(CC(C)CC(C)C)NC=O)NCC(=O)O. The lowest BCUT2D eigenvalue weighted by atomic mass is 9.90. The van der Waals surface area contributed by atoms with Crippen LogP contribution in [0.2, 0.25) is 0 Å². The molecule has 0 aliphatic rings. The van der Waals surface area contributed by atoms with Crippen LogP contribution in [0.4, 0.5) is 0 Å². The van der Waals surface area contributed by atoms with Crippen molar-refractivity contribution in [1.29, 1.82) is 0 Å². The van der Waals surface area contributed by atoms with Gasteiger partial charge in [-0.1, -0.05) is 27.7 Å². The van der Waals surface area contributed by atoms with Gasteiger partial charge in [-0.2, -0.15) is 0 Å². The molecule has 5 nitrogen and oxygen atoms in total. The average molecular weight is 286 g/mol. The summed E-state index contributed by atoms with van der Waals surface area (Å²) in [6, 6.07) is 0.224. The lowest BCUT2D eigenvalue weighted by Crippen LogP contribution is -2.40. The number of carbonyl (C=O) groups excluding carboxylic acids is 1. The van der Waals surface area contributed by atoms with Gasteiger partial charge in [0.05, 0.1) is 6.54 Å². The summed E-state index contributed by atoms with van der Waals surface area (Å²) in [5.41, 5.74) is 0. The van der Waals surface area contributed by atoms with Crippen molar-refractivity contribution >= 4 is 12.4 Å². The number of aliphatic carboxylic acids is 1. The highest BCUT2D eigenvalue weighted by Crippen LogP contribution is 2.18. The van der Waals surface area contributed by atoms with E-state index in [1.165, 1.54) is 0 Å². The molecule has 20 heavy (non-hydrogen) atoms. The Labute approximate surface area is 122 Å². The van der Waals surface area contributed by atoms with Crippen molar-refractivity contribution in [3.8, 4) is 0 Å². The minimum atomic E-state index is -0.850. The van der Waals surface area contributed by atoms with Crippen LogP contribution in [0.1, 0.15) is 53.4 Å². The number of carboxylic acid groups (broad SMARTS) is 1. The van der Waals surface area contributed by atoms with E-state index in [1.54, 1.807) is 0 Å². The number of amides is 1. The van der Waals surface area contributed by atoms with Crippen LogP contribution in [0, 0.1) is 11.8 Å². The molecular formula is C15H30N2O3. The zero-order valence-electron chi connectivity index (χ0n) is 13.2. The minimum Gasteiger partial charge on any atom is -0.480 e. The molecule has 3 unspecified atom stereocenters. The summed E-state index contributed by atoms with van der Waals surface area (Å²) in [6.07, 6.45) is 4.43. The maximum Gasteiger partial charge on any atom is 0.317 e. The molecule has 0 saturated carbocycles. The van der Waals surface area contributed by atoms with E-state index in [9.17, 15) is 9.59 Å². The van der Waals surface area contributed by atoms with Crippen LogP contribution in [-0.2, 0) is 9.59 Å². The Morgan fingerprint density at radius 1 is 1.15 bits per heavy atom. The molecule has 0 radical (unpaired) electrons. The van der Waals surface area contributed by atoms with Gasteiger partial charge in [0.25, 0.3) is 0 Å². The van der Waals surface area contributed by atoms with Gasteiger partial charge in [0.1, 0.15) is 0 Å². The number of nitrogens with one attached hydrogen (secondary N) is 2. The van der Waals surface area contributed by atoms with Gasteiger partial charge in [0.15, 0.2) is 0 Å². The van der Waals surface area contributed by atoms with E-state index in [4.69, 9.17) is 5.11 Å². The third-order valence-electron chi connectivity index (χ3n) is 3.47. The highest BCUT2D eigenvalue weighted by Gasteiger charge is 2.18. The Morgan fingerprint density at radius 2 is 1.80 bits per heavy atom. The number of carboxylic acids is 1. The smallest absolute Gasteiger partial charge is 0.317 e. The lowest BCUT2D eigenvalue weighted by molar-refractivity contribution is -0.136. The number of carbonyl (C=O) groups is 2. The van der Waals surface area contributed by atoms with Crippen LogP contribution in [0.5, 0.6) is 0 Å². The maximum absolute atomic E-state index is 10.7. The van der Waals surface area contributed by atoms with E-state index in [0.29, 0.717) is 11.8 Å². The molecule has 0 fully saturated rings. The zero-order valence-corrected chi connectivity index (χ0v) is 13.2. The average Bonchev–Trinajstić information content (AvgIpc) is 2.33. The quantitative estimate of drug-likeness (QED) is 0.480. The first kappa shape index (κ1) is 18.9. The summed E-state index contributed by atoms with van der Waals surface area (Å²) in [7, 11) is 0. The van der Waals surface area contributed by atoms with Gasteiger partial charge in [-0.3, -0.25) is 9.59 Å². The minimum absolute atomic E-state index is 0.0339. The summed E-state index contributed by atoms with van der Waals surface area (Å²) in [5.74, 6) is 0.343. The fraction of sp³-hybridized carbons (Fsp3) is 0.867. The zero-order chi connectivity index (χ0) is 15.5. The molecule has 0 bridgehead atoms. The lowest BCUT2D eigenvalue weighted by Gasteiger charge is -2.26. The summed E-state index contributed by atoms with van der Waals surface area (Å²) in [6.45, 7) is 8.58. The number of hydrogen-bond donors (Lipinski definition) is 3. The van der Waals surface area contributed by atoms with Crippen LogP contribution in [0.15, 0.2) is 0 Å². The molecule has 1 amide bonds. The van der Waals surface area contributed by atoms with E-state index < -0.39 is 5.97 Å². The fourth-order valence-corrected chi connectivity index (χ4v) is 2.68. The molecule has 0 aliphatic carbocycles. The first-order chi connectivity index (χ1) is 9.38. The molecule has 0 spiro atoms. The molecule has 0 aromatic carbocycles. The molecule has 0 aliphatic heterocycles. The molecule has 0 heterocycles. The van der Waals surface area contributed by atoms with Crippen molar-refractivity contribution in [2.24, 2.45) is 11.8 Å². The van der Waals surface area contributed by atoms with Crippen LogP contribution in [0.3, 0.4) is 0 Å². The molecular weight excluding hydrogens is 256 g/mol. The van der Waals surface area contributed by atoms with Gasteiger partial charge < -0.3 is 15.7 Å². The van der Waals surface area contributed by atoms with Crippen molar-refractivity contribution in [3.63, 3.8) is 0 Å². The van der Waals surface area contributed by atoms with Crippen molar-refractivity contribution in [2.45, 2.75) is 65.5 Å². The Morgan fingerprint density at radius 3 is 2.25 bits per heavy atom. The monoisotopic (exact) mass is 286 g/mol. The van der Waals surface area contributed by atoms with Crippen molar-refractivity contribution in [1.82, 2.24) is 10.6 Å². The summed E-state index contributed by atoms with van der Waals surface area (Å²) in [4.78, 5) is 21.3. The van der Waals surface area contributed by atoms with Crippen LogP contribution in [-0.4, -0.2) is 36.1 Å². The topological polar surface area (TPSA) is 78.4 Å². The third-order valence-corrected chi connectivity index (χ3v) is 3.47. The molecule has 3 atom stereocenters. The molecule has 0 saturated heterocycles. The Balaban J connectivity index is 4.33. The van der Waals surface area contributed by atoms with Gasteiger partial charge in [-0.05, 0) is 37.5 Å². The highest BCUT2D eigenvalue weighted by molar-refractivity contribution is 5.69.